The lowest BCUT2D eigenvalue weighted by Gasteiger charge is -2.14. The number of Topliss-reactive ketones (excluding diaryl/α,β-unsaturated/α-hetero) is 1. The molecule has 2 nitrogen and oxygen atoms in total. The monoisotopic (exact) mass is 330 g/mol. The molecule has 6 heteroatoms. The summed E-state index contributed by atoms with van der Waals surface area (Å²) in [6.07, 6.45) is -0.954. The normalized spacial score (nSPS) is 12.0. The van der Waals surface area contributed by atoms with Crippen LogP contribution in [0.2, 0.25) is 10.0 Å². The fraction of sp³-hybridized carbons (Fsp3) is 0.133. The van der Waals surface area contributed by atoms with Crippen molar-refractivity contribution in [1.82, 2.24) is 0 Å². The van der Waals surface area contributed by atoms with Gasteiger partial charge >= 0.3 is 0 Å². The van der Waals surface area contributed by atoms with E-state index in [0.717, 1.165) is 18.2 Å². The molecule has 2 aromatic rings. The zero-order chi connectivity index (χ0) is 15.6. The Morgan fingerprint density at radius 3 is 2.29 bits per heavy atom. The highest BCUT2D eigenvalue weighted by Gasteiger charge is 2.20. The van der Waals surface area contributed by atoms with E-state index >= 15 is 0 Å². The van der Waals surface area contributed by atoms with Crippen molar-refractivity contribution < 1.29 is 18.3 Å². The Labute approximate surface area is 130 Å². The summed E-state index contributed by atoms with van der Waals surface area (Å²) in [5, 5.41) is 0.589. The molecular weight excluding hydrogens is 321 g/mol. The molecule has 2 aromatic carbocycles. The van der Waals surface area contributed by atoms with E-state index in [9.17, 15) is 13.6 Å². The van der Waals surface area contributed by atoms with E-state index in [1.165, 1.54) is 25.1 Å². The molecular formula is C15H10Cl2F2O2. The van der Waals surface area contributed by atoms with Crippen LogP contribution in [0.5, 0.6) is 5.75 Å². The predicted molar refractivity (Wildman–Crippen MR) is 77.2 cm³/mol. The molecule has 2 rings (SSSR count). The standard InChI is InChI=1S/C15H10Cl2F2O2/c1-8(21-12-6-10(18)5-11(19)7-12)15(20)13-3-2-9(16)4-14(13)17/h2-8H,1H3. The zero-order valence-electron chi connectivity index (χ0n) is 10.9. The first kappa shape index (κ1) is 15.7. The van der Waals surface area contributed by atoms with Gasteiger partial charge in [0.1, 0.15) is 17.4 Å². The summed E-state index contributed by atoms with van der Waals surface area (Å²) in [6.45, 7) is 1.47. The molecule has 0 saturated heterocycles. The van der Waals surface area contributed by atoms with Gasteiger partial charge in [0.05, 0.1) is 5.02 Å². The van der Waals surface area contributed by atoms with Gasteiger partial charge in [-0.3, -0.25) is 4.79 Å². The predicted octanol–water partition coefficient (Wildman–Crippen LogP) is 4.92. The smallest absolute Gasteiger partial charge is 0.204 e. The Morgan fingerprint density at radius 1 is 1.10 bits per heavy atom. The summed E-state index contributed by atoms with van der Waals surface area (Å²) >= 11 is 11.7. The third kappa shape index (κ3) is 3.93. The lowest BCUT2D eigenvalue weighted by atomic mass is 10.1. The summed E-state index contributed by atoms with van der Waals surface area (Å²) in [7, 11) is 0. The number of benzene rings is 2. The van der Waals surface area contributed by atoms with Crippen LogP contribution in [0.4, 0.5) is 8.78 Å². The van der Waals surface area contributed by atoms with Gasteiger partial charge in [0, 0.05) is 28.8 Å². The fourth-order valence-electron chi connectivity index (χ4n) is 1.76. The Balaban J connectivity index is 2.19. The molecule has 0 aliphatic carbocycles. The van der Waals surface area contributed by atoms with Crippen molar-refractivity contribution in [2.24, 2.45) is 0 Å². The molecule has 0 saturated carbocycles. The number of hydrogen-bond donors (Lipinski definition) is 0. The first-order valence-corrected chi connectivity index (χ1v) is 6.74. The Kier molecular flexibility index (Phi) is 4.80. The number of hydrogen-bond acceptors (Lipinski definition) is 2. The second-order valence-corrected chi connectivity index (χ2v) is 5.20. The summed E-state index contributed by atoms with van der Waals surface area (Å²) in [4.78, 5) is 12.2. The molecule has 21 heavy (non-hydrogen) atoms. The average Bonchev–Trinajstić information content (AvgIpc) is 2.36. The zero-order valence-corrected chi connectivity index (χ0v) is 12.4. The number of ether oxygens (including phenoxy) is 1. The van der Waals surface area contributed by atoms with Crippen molar-refractivity contribution in [2.45, 2.75) is 13.0 Å². The van der Waals surface area contributed by atoms with E-state index in [-0.39, 0.29) is 16.3 Å². The van der Waals surface area contributed by atoms with Crippen molar-refractivity contribution in [3.63, 3.8) is 0 Å². The van der Waals surface area contributed by atoms with E-state index in [1.807, 2.05) is 0 Å². The van der Waals surface area contributed by atoms with E-state index in [1.54, 1.807) is 0 Å². The van der Waals surface area contributed by atoms with E-state index in [2.05, 4.69) is 0 Å². The molecule has 110 valence electrons. The van der Waals surface area contributed by atoms with Crippen LogP contribution in [-0.2, 0) is 0 Å². The maximum atomic E-state index is 13.1. The van der Waals surface area contributed by atoms with Gasteiger partial charge in [0.15, 0.2) is 6.10 Å². The van der Waals surface area contributed by atoms with Crippen molar-refractivity contribution in [1.29, 1.82) is 0 Å². The van der Waals surface area contributed by atoms with Crippen LogP contribution in [0.3, 0.4) is 0 Å². The molecule has 0 amide bonds. The quantitative estimate of drug-likeness (QED) is 0.743. The van der Waals surface area contributed by atoms with E-state index in [4.69, 9.17) is 27.9 Å². The highest BCUT2D eigenvalue weighted by molar-refractivity contribution is 6.37. The van der Waals surface area contributed by atoms with Gasteiger partial charge in [-0.1, -0.05) is 23.2 Å². The van der Waals surface area contributed by atoms with Gasteiger partial charge in [0.2, 0.25) is 5.78 Å². The number of rotatable bonds is 4. The van der Waals surface area contributed by atoms with Gasteiger partial charge in [-0.05, 0) is 25.1 Å². The molecule has 1 atom stereocenters. The number of carbonyl (C=O) groups is 1. The highest BCUT2D eigenvalue weighted by Crippen LogP contribution is 2.24. The lowest BCUT2D eigenvalue weighted by Crippen LogP contribution is -2.24. The molecule has 1 unspecified atom stereocenters. The Bertz CT molecular complexity index is 669. The maximum Gasteiger partial charge on any atom is 0.204 e. The van der Waals surface area contributed by atoms with Crippen LogP contribution < -0.4 is 4.74 Å². The number of carbonyl (C=O) groups excluding carboxylic acids is 1. The minimum absolute atomic E-state index is 0.0709. The van der Waals surface area contributed by atoms with Gasteiger partial charge in [-0.2, -0.15) is 0 Å². The largest absolute Gasteiger partial charge is 0.482 e. The molecule has 0 spiro atoms. The topological polar surface area (TPSA) is 26.3 Å². The minimum atomic E-state index is -0.954. The fourth-order valence-corrected chi connectivity index (χ4v) is 2.26. The molecule has 0 N–H and O–H groups in total. The summed E-state index contributed by atoms with van der Waals surface area (Å²) in [6, 6.07) is 7.14. The number of halogens is 4. The third-order valence-corrected chi connectivity index (χ3v) is 3.26. The second-order valence-electron chi connectivity index (χ2n) is 4.35. The van der Waals surface area contributed by atoms with Crippen LogP contribution in [0.15, 0.2) is 36.4 Å². The summed E-state index contributed by atoms with van der Waals surface area (Å²) in [5.74, 6) is -2.05. The number of ketones is 1. The van der Waals surface area contributed by atoms with Crippen LogP contribution in [0.25, 0.3) is 0 Å². The summed E-state index contributed by atoms with van der Waals surface area (Å²) in [5.41, 5.74) is 0.227. The van der Waals surface area contributed by atoms with Gasteiger partial charge in [-0.25, -0.2) is 8.78 Å². The van der Waals surface area contributed by atoms with Gasteiger partial charge in [0.25, 0.3) is 0 Å². The van der Waals surface area contributed by atoms with Crippen molar-refractivity contribution >= 4 is 29.0 Å². The third-order valence-electron chi connectivity index (χ3n) is 2.71. The molecule has 0 aromatic heterocycles. The van der Waals surface area contributed by atoms with Crippen LogP contribution in [0.1, 0.15) is 17.3 Å². The first-order valence-electron chi connectivity index (χ1n) is 5.99. The molecule has 0 radical (unpaired) electrons. The van der Waals surface area contributed by atoms with E-state index < -0.39 is 23.5 Å². The molecule has 0 aliphatic heterocycles. The second kappa shape index (κ2) is 6.41. The maximum absolute atomic E-state index is 13.1. The molecule has 0 fully saturated rings. The molecule has 0 bridgehead atoms. The Hall–Kier alpha value is -1.65. The minimum Gasteiger partial charge on any atom is -0.482 e. The molecule has 0 heterocycles. The van der Waals surface area contributed by atoms with E-state index in [0.29, 0.717) is 5.02 Å². The first-order chi connectivity index (χ1) is 9.86. The average molecular weight is 331 g/mol. The SMILES string of the molecule is CC(Oc1cc(F)cc(F)c1)C(=O)c1ccc(Cl)cc1Cl. The Morgan fingerprint density at radius 2 is 1.71 bits per heavy atom. The summed E-state index contributed by atoms with van der Waals surface area (Å²) < 4.78 is 31.4. The van der Waals surface area contributed by atoms with Gasteiger partial charge in [-0.15, -0.1) is 0 Å². The highest BCUT2D eigenvalue weighted by atomic mass is 35.5. The van der Waals surface area contributed by atoms with Crippen LogP contribution >= 0.6 is 23.2 Å². The van der Waals surface area contributed by atoms with Crippen LogP contribution in [0, 0.1) is 11.6 Å². The molecule has 0 aliphatic rings. The van der Waals surface area contributed by atoms with Crippen molar-refractivity contribution in [2.75, 3.05) is 0 Å². The van der Waals surface area contributed by atoms with Gasteiger partial charge < -0.3 is 4.74 Å². The van der Waals surface area contributed by atoms with Crippen molar-refractivity contribution in [3.05, 3.63) is 63.6 Å². The lowest BCUT2D eigenvalue weighted by molar-refractivity contribution is 0.0817. The van der Waals surface area contributed by atoms with Crippen molar-refractivity contribution in [3.8, 4) is 5.75 Å². The van der Waals surface area contributed by atoms with Crippen LogP contribution in [-0.4, -0.2) is 11.9 Å².